The van der Waals surface area contributed by atoms with Crippen LogP contribution in [0.2, 0.25) is 0 Å². The molecule has 0 saturated heterocycles. The third-order valence-corrected chi connectivity index (χ3v) is 2.77. The lowest BCUT2D eigenvalue weighted by atomic mass is 10.0. The van der Waals surface area contributed by atoms with Gasteiger partial charge in [-0.3, -0.25) is 9.59 Å². The van der Waals surface area contributed by atoms with Crippen molar-refractivity contribution in [1.29, 1.82) is 0 Å². The van der Waals surface area contributed by atoms with E-state index in [1.54, 1.807) is 0 Å². The van der Waals surface area contributed by atoms with Crippen molar-refractivity contribution in [3.63, 3.8) is 0 Å². The van der Waals surface area contributed by atoms with Gasteiger partial charge >= 0.3 is 11.9 Å². The lowest BCUT2D eigenvalue weighted by Crippen LogP contribution is -2.16. The zero-order valence-corrected chi connectivity index (χ0v) is 12.5. The minimum absolute atomic E-state index is 0.145. The van der Waals surface area contributed by atoms with E-state index in [-0.39, 0.29) is 24.1 Å². The maximum atomic E-state index is 10.9. The lowest BCUT2D eigenvalue weighted by molar-refractivity contribution is -0.146. The predicted octanol–water partition coefficient (Wildman–Crippen LogP) is 2.67. The number of rotatable bonds is 6. The summed E-state index contributed by atoms with van der Waals surface area (Å²) in [5.74, 6) is -0.533. The smallest absolute Gasteiger partial charge is 0.302 e. The number of carbonyl (C=O) groups is 2. The molecule has 0 amide bonds. The Morgan fingerprint density at radius 3 is 1.70 bits per heavy atom. The molecule has 0 N–H and O–H groups in total. The molecular weight excluding hydrogens is 256 g/mol. The van der Waals surface area contributed by atoms with Crippen LogP contribution in [0.15, 0.2) is 24.3 Å². The van der Waals surface area contributed by atoms with Gasteiger partial charge in [0.25, 0.3) is 0 Å². The zero-order chi connectivity index (χ0) is 15.1. The molecule has 1 aromatic rings. The fourth-order valence-corrected chi connectivity index (χ4v) is 2.20. The van der Waals surface area contributed by atoms with E-state index in [9.17, 15) is 9.59 Å². The van der Waals surface area contributed by atoms with Gasteiger partial charge in [-0.05, 0) is 25.0 Å². The molecule has 20 heavy (non-hydrogen) atoms. The molecule has 0 heterocycles. The highest BCUT2D eigenvalue weighted by atomic mass is 16.5. The van der Waals surface area contributed by atoms with Gasteiger partial charge in [0, 0.05) is 26.7 Å². The van der Waals surface area contributed by atoms with Crippen LogP contribution >= 0.6 is 0 Å². The van der Waals surface area contributed by atoms with Crippen molar-refractivity contribution in [3.05, 3.63) is 35.4 Å². The first kappa shape index (κ1) is 16.2. The van der Waals surface area contributed by atoms with Crippen LogP contribution in [0.5, 0.6) is 0 Å². The Balaban J connectivity index is 2.61. The summed E-state index contributed by atoms with van der Waals surface area (Å²) in [7, 11) is 0. The van der Waals surface area contributed by atoms with Crippen molar-refractivity contribution in [2.24, 2.45) is 0 Å². The van der Waals surface area contributed by atoms with Crippen LogP contribution in [0, 0.1) is 0 Å². The molecule has 110 valence electrons. The Hall–Kier alpha value is -1.84. The molecule has 4 heteroatoms. The van der Waals surface area contributed by atoms with Gasteiger partial charge in [0.1, 0.15) is 12.2 Å². The van der Waals surface area contributed by atoms with Crippen molar-refractivity contribution in [3.8, 4) is 0 Å². The molecule has 1 aromatic carbocycles. The summed E-state index contributed by atoms with van der Waals surface area (Å²) in [4.78, 5) is 21.8. The monoisotopic (exact) mass is 278 g/mol. The van der Waals surface area contributed by atoms with Crippen molar-refractivity contribution in [2.75, 3.05) is 0 Å². The molecule has 2 unspecified atom stereocenters. The molecule has 0 aliphatic heterocycles. The highest BCUT2D eigenvalue weighted by Gasteiger charge is 2.09. The first-order valence-electron chi connectivity index (χ1n) is 6.79. The summed E-state index contributed by atoms with van der Waals surface area (Å²) >= 11 is 0. The molecule has 0 radical (unpaired) electrons. The standard InChI is InChI=1S/C16H22O4/c1-11(19-13(3)17)8-15-6-5-7-16(10-15)9-12(2)20-14(4)18/h5-7,10-12H,8-9H2,1-4H3. The third kappa shape index (κ3) is 6.36. The van der Waals surface area contributed by atoms with Gasteiger partial charge in [0.2, 0.25) is 0 Å². The van der Waals surface area contributed by atoms with E-state index in [4.69, 9.17) is 9.47 Å². The lowest BCUT2D eigenvalue weighted by Gasteiger charge is -2.14. The second kappa shape index (κ2) is 7.68. The van der Waals surface area contributed by atoms with Crippen molar-refractivity contribution < 1.29 is 19.1 Å². The van der Waals surface area contributed by atoms with E-state index in [0.29, 0.717) is 12.8 Å². The van der Waals surface area contributed by atoms with Gasteiger partial charge in [0.05, 0.1) is 0 Å². The van der Waals surface area contributed by atoms with Gasteiger partial charge in [-0.25, -0.2) is 0 Å². The van der Waals surface area contributed by atoms with Crippen molar-refractivity contribution in [1.82, 2.24) is 0 Å². The van der Waals surface area contributed by atoms with E-state index >= 15 is 0 Å². The molecule has 0 bridgehead atoms. The van der Waals surface area contributed by atoms with Crippen molar-refractivity contribution >= 4 is 11.9 Å². The molecule has 0 aliphatic rings. The zero-order valence-electron chi connectivity index (χ0n) is 12.5. The molecule has 0 saturated carbocycles. The second-order valence-corrected chi connectivity index (χ2v) is 5.07. The van der Waals surface area contributed by atoms with Crippen LogP contribution in [-0.4, -0.2) is 24.1 Å². The highest BCUT2D eigenvalue weighted by Crippen LogP contribution is 2.12. The van der Waals surface area contributed by atoms with Crippen LogP contribution in [0.1, 0.15) is 38.8 Å². The third-order valence-electron chi connectivity index (χ3n) is 2.77. The van der Waals surface area contributed by atoms with E-state index in [0.717, 1.165) is 11.1 Å². The minimum Gasteiger partial charge on any atom is -0.463 e. The fourth-order valence-electron chi connectivity index (χ4n) is 2.20. The Labute approximate surface area is 120 Å². The quantitative estimate of drug-likeness (QED) is 0.751. The molecule has 4 nitrogen and oxygen atoms in total. The molecule has 0 aliphatic carbocycles. The van der Waals surface area contributed by atoms with Crippen LogP contribution in [-0.2, 0) is 31.9 Å². The first-order valence-corrected chi connectivity index (χ1v) is 6.79. The largest absolute Gasteiger partial charge is 0.463 e. The summed E-state index contributed by atoms with van der Waals surface area (Å²) in [6.45, 7) is 6.56. The van der Waals surface area contributed by atoms with Crippen LogP contribution in [0.4, 0.5) is 0 Å². The molecule has 0 aromatic heterocycles. The summed E-state index contributed by atoms with van der Waals surface area (Å²) in [6.07, 6.45) is 1.06. The number of ether oxygens (including phenoxy) is 2. The van der Waals surface area contributed by atoms with Gasteiger partial charge in [-0.15, -0.1) is 0 Å². The van der Waals surface area contributed by atoms with E-state index < -0.39 is 0 Å². The van der Waals surface area contributed by atoms with Gasteiger partial charge in [0.15, 0.2) is 0 Å². The predicted molar refractivity (Wildman–Crippen MR) is 76.3 cm³/mol. The van der Waals surface area contributed by atoms with E-state index in [2.05, 4.69) is 6.07 Å². The first-order chi connectivity index (χ1) is 9.36. The SMILES string of the molecule is CC(=O)OC(C)Cc1cccc(CC(C)OC(C)=O)c1. The molecule has 0 fully saturated rings. The second-order valence-electron chi connectivity index (χ2n) is 5.07. The van der Waals surface area contributed by atoms with Gasteiger partial charge in [-0.1, -0.05) is 24.3 Å². The summed E-state index contributed by atoms with van der Waals surface area (Å²) in [5, 5.41) is 0. The van der Waals surface area contributed by atoms with Crippen LogP contribution < -0.4 is 0 Å². The molecular formula is C16H22O4. The van der Waals surface area contributed by atoms with E-state index in [1.807, 2.05) is 32.0 Å². The topological polar surface area (TPSA) is 52.6 Å². The highest BCUT2D eigenvalue weighted by molar-refractivity contribution is 5.66. The Morgan fingerprint density at radius 1 is 0.950 bits per heavy atom. The normalized spacial score (nSPS) is 13.4. The number of esters is 2. The molecule has 0 spiro atoms. The number of benzene rings is 1. The maximum Gasteiger partial charge on any atom is 0.302 e. The van der Waals surface area contributed by atoms with Gasteiger partial charge < -0.3 is 9.47 Å². The number of hydrogen-bond donors (Lipinski definition) is 0. The molecule has 2 atom stereocenters. The van der Waals surface area contributed by atoms with E-state index in [1.165, 1.54) is 13.8 Å². The average Bonchev–Trinajstić information content (AvgIpc) is 2.26. The van der Waals surface area contributed by atoms with Crippen LogP contribution in [0.25, 0.3) is 0 Å². The number of hydrogen-bond acceptors (Lipinski definition) is 4. The summed E-state index contributed by atoms with van der Waals surface area (Å²) in [5.41, 5.74) is 2.21. The Kier molecular flexibility index (Phi) is 6.22. The number of carbonyl (C=O) groups excluding carboxylic acids is 2. The Morgan fingerprint density at radius 2 is 1.35 bits per heavy atom. The average molecular weight is 278 g/mol. The van der Waals surface area contributed by atoms with Gasteiger partial charge in [-0.2, -0.15) is 0 Å². The molecule has 1 rings (SSSR count). The van der Waals surface area contributed by atoms with Crippen molar-refractivity contribution in [2.45, 2.75) is 52.7 Å². The van der Waals surface area contributed by atoms with Crippen LogP contribution in [0.3, 0.4) is 0 Å². The minimum atomic E-state index is -0.267. The maximum absolute atomic E-state index is 10.9. The summed E-state index contributed by atoms with van der Waals surface area (Å²) < 4.78 is 10.2. The summed E-state index contributed by atoms with van der Waals surface area (Å²) in [6, 6.07) is 8.02. The fraction of sp³-hybridized carbons (Fsp3) is 0.500. The Bertz CT molecular complexity index is 428.